The Kier molecular flexibility index (Phi) is 1.60. The molecule has 3 heteroatoms. The third-order valence-electron chi connectivity index (χ3n) is 0.593. The number of nitrogens with zero attached hydrogens (tertiary/aromatic N) is 1. The predicted molar refractivity (Wildman–Crippen MR) is 29.0 cm³/mol. The molecular weight excluding hydrogens is 122 g/mol. The van der Waals surface area contributed by atoms with Gasteiger partial charge in [-0.3, -0.25) is 0 Å². The van der Waals surface area contributed by atoms with Crippen molar-refractivity contribution in [1.82, 2.24) is 0 Å². The van der Waals surface area contributed by atoms with E-state index in [2.05, 4.69) is 10.7 Å². The van der Waals surface area contributed by atoms with Crippen molar-refractivity contribution in [3.05, 3.63) is 18.4 Å². The van der Waals surface area contributed by atoms with Gasteiger partial charge in [-0.05, 0) is 12.1 Å². The summed E-state index contributed by atoms with van der Waals surface area (Å²) in [4.78, 5) is 0. The molecule has 0 aromatic carbocycles. The first-order valence-electron chi connectivity index (χ1n) is 1.95. The fraction of sp³-hybridized carbons (Fsp3) is 0. The normalized spacial score (nSPS) is 8.38. The Morgan fingerprint density at radius 1 is 1.88 bits per heavy atom. The predicted octanol–water partition coefficient (Wildman–Crippen LogP) is 1.65. The Morgan fingerprint density at radius 2 is 2.75 bits per heavy atom. The highest BCUT2D eigenvalue weighted by Crippen LogP contribution is 2.14. The third-order valence-corrected chi connectivity index (χ3v) is 1.11. The third kappa shape index (κ3) is 1.04. The van der Waals surface area contributed by atoms with Gasteiger partial charge in [0.1, 0.15) is 5.40 Å². The molecule has 1 aromatic rings. The molecule has 0 atom stereocenters. The molecule has 0 amide bonds. The topological polar surface area (TPSA) is 36.9 Å². The maximum Gasteiger partial charge on any atom is 0.175 e. The van der Waals surface area contributed by atoms with Crippen LogP contribution in [-0.2, 0) is 0 Å². The molecule has 0 aliphatic heterocycles. The van der Waals surface area contributed by atoms with Gasteiger partial charge in [-0.2, -0.15) is 5.26 Å². The first-order chi connectivity index (χ1) is 3.93. The van der Waals surface area contributed by atoms with Crippen molar-refractivity contribution < 1.29 is 4.42 Å². The van der Waals surface area contributed by atoms with Gasteiger partial charge in [-0.25, -0.2) is 0 Å². The lowest BCUT2D eigenvalue weighted by molar-refractivity contribution is 0.468. The van der Waals surface area contributed by atoms with Gasteiger partial charge in [0.25, 0.3) is 0 Å². The quantitative estimate of drug-likeness (QED) is 0.422. The maximum absolute atomic E-state index is 8.08. The number of hydrogen-bond acceptors (Lipinski definition) is 3. The van der Waals surface area contributed by atoms with Gasteiger partial charge in [0, 0.05) is 11.8 Å². The molecule has 1 radical (unpaired) electrons. The second-order valence-corrected chi connectivity index (χ2v) is 1.85. The summed E-state index contributed by atoms with van der Waals surface area (Å²) >= 11 is 0.990. The smallest absolute Gasteiger partial charge is 0.175 e. The van der Waals surface area contributed by atoms with Gasteiger partial charge in [-0.1, -0.05) is 0 Å². The van der Waals surface area contributed by atoms with Crippen LogP contribution in [0, 0.1) is 16.9 Å². The highest BCUT2D eigenvalue weighted by atomic mass is 32.2. The molecule has 0 saturated carbocycles. The van der Waals surface area contributed by atoms with Crippen LogP contribution in [0.3, 0.4) is 0 Å². The van der Waals surface area contributed by atoms with Crippen LogP contribution in [0.4, 0.5) is 0 Å². The van der Waals surface area contributed by atoms with E-state index >= 15 is 0 Å². The molecule has 0 saturated heterocycles. The lowest BCUT2D eigenvalue weighted by Gasteiger charge is -1.75. The number of hydrogen-bond donors (Lipinski definition) is 0. The highest BCUT2D eigenvalue weighted by Gasteiger charge is 1.90. The van der Waals surface area contributed by atoms with Gasteiger partial charge >= 0.3 is 0 Å². The zero-order chi connectivity index (χ0) is 5.82. The maximum atomic E-state index is 8.08. The molecule has 0 unspecified atom stereocenters. The average molecular weight is 124 g/mol. The van der Waals surface area contributed by atoms with E-state index < -0.39 is 0 Å². The standard InChI is InChI=1S/C5H2NOS/c6-4-8-5-2-1-3-7-5/h1-2H. The zero-order valence-corrected chi connectivity index (χ0v) is 4.73. The molecule has 8 heavy (non-hydrogen) atoms. The van der Waals surface area contributed by atoms with Gasteiger partial charge in [0.2, 0.25) is 0 Å². The van der Waals surface area contributed by atoms with E-state index in [1.54, 1.807) is 12.1 Å². The van der Waals surface area contributed by atoms with E-state index in [1.165, 1.54) is 0 Å². The molecule has 1 rings (SSSR count). The summed E-state index contributed by atoms with van der Waals surface area (Å²) in [5.74, 6) is 0. The minimum Gasteiger partial charge on any atom is -0.446 e. The van der Waals surface area contributed by atoms with Crippen molar-refractivity contribution in [2.75, 3.05) is 0 Å². The Bertz CT molecular complexity index is 187. The molecule has 0 aliphatic rings. The van der Waals surface area contributed by atoms with Crippen molar-refractivity contribution in [3.63, 3.8) is 0 Å². The lowest BCUT2D eigenvalue weighted by Crippen LogP contribution is -1.50. The van der Waals surface area contributed by atoms with Crippen LogP contribution in [0.25, 0.3) is 0 Å². The summed E-state index contributed by atoms with van der Waals surface area (Å²) in [6, 6.07) is 3.31. The molecule has 1 aromatic heterocycles. The molecule has 0 aliphatic carbocycles. The van der Waals surface area contributed by atoms with E-state index in [0.717, 1.165) is 11.8 Å². The highest BCUT2D eigenvalue weighted by molar-refractivity contribution is 8.03. The minimum atomic E-state index is 0.590. The molecular formula is C5H2NOS. The van der Waals surface area contributed by atoms with Crippen LogP contribution in [0.15, 0.2) is 21.6 Å². The number of nitriles is 1. The van der Waals surface area contributed by atoms with E-state index in [9.17, 15) is 0 Å². The van der Waals surface area contributed by atoms with E-state index in [-0.39, 0.29) is 0 Å². The lowest BCUT2D eigenvalue weighted by atomic mass is 10.7. The number of thiocyanates is 1. The molecule has 1 heterocycles. The average Bonchev–Trinajstić information content (AvgIpc) is 2.19. The second kappa shape index (κ2) is 2.43. The van der Waals surface area contributed by atoms with Crippen LogP contribution in [0.2, 0.25) is 0 Å². The van der Waals surface area contributed by atoms with Crippen LogP contribution < -0.4 is 0 Å². The fourth-order valence-electron chi connectivity index (χ4n) is 0.328. The van der Waals surface area contributed by atoms with E-state index in [0.29, 0.717) is 5.09 Å². The Hall–Kier alpha value is -0.880. The summed E-state index contributed by atoms with van der Waals surface area (Å²) < 4.78 is 4.69. The fourth-order valence-corrected chi connectivity index (χ4v) is 0.644. The van der Waals surface area contributed by atoms with Crippen LogP contribution in [-0.4, -0.2) is 0 Å². The Balaban J connectivity index is 2.67. The Labute approximate surface area is 51.1 Å². The molecule has 2 nitrogen and oxygen atoms in total. The molecule has 0 spiro atoms. The molecule has 0 fully saturated rings. The SMILES string of the molecule is N#CSc1cc[c]o1. The van der Waals surface area contributed by atoms with Crippen molar-refractivity contribution >= 4 is 11.8 Å². The molecule has 39 valence electrons. The molecule has 0 N–H and O–H groups in total. The summed E-state index contributed by atoms with van der Waals surface area (Å²) in [5, 5.41) is 10.5. The largest absolute Gasteiger partial charge is 0.446 e. The Morgan fingerprint density at radius 3 is 3.25 bits per heavy atom. The first kappa shape index (κ1) is 5.26. The first-order valence-corrected chi connectivity index (χ1v) is 2.77. The number of rotatable bonds is 1. The van der Waals surface area contributed by atoms with Gasteiger partial charge in [0.05, 0.1) is 0 Å². The monoisotopic (exact) mass is 124 g/mol. The van der Waals surface area contributed by atoms with Crippen LogP contribution in [0.1, 0.15) is 0 Å². The van der Waals surface area contributed by atoms with Crippen molar-refractivity contribution in [3.8, 4) is 5.40 Å². The van der Waals surface area contributed by atoms with Crippen LogP contribution in [0.5, 0.6) is 0 Å². The second-order valence-electron chi connectivity index (χ2n) is 1.07. The summed E-state index contributed by atoms with van der Waals surface area (Å²) in [6.07, 6.45) is 2.47. The van der Waals surface area contributed by atoms with E-state index in [1.807, 2.05) is 5.40 Å². The zero-order valence-electron chi connectivity index (χ0n) is 3.92. The van der Waals surface area contributed by atoms with Gasteiger partial charge in [0.15, 0.2) is 11.4 Å². The number of thioether (sulfide) groups is 1. The summed E-state index contributed by atoms with van der Waals surface area (Å²) in [5.41, 5.74) is 0. The summed E-state index contributed by atoms with van der Waals surface area (Å²) in [6.45, 7) is 0. The summed E-state index contributed by atoms with van der Waals surface area (Å²) in [7, 11) is 0. The van der Waals surface area contributed by atoms with E-state index in [4.69, 9.17) is 5.26 Å². The molecule has 0 bridgehead atoms. The van der Waals surface area contributed by atoms with Crippen molar-refractivity contribution in [2.45, 2.75) is 5.09 Å². The van der Waals surface area contributed by atoms with Crippen LogP contribution >= 0.6 is 11.8 Å². The minimum absolute atomic E-state index is 0.590. The number of furan rings is 1. The van der Waals surface area contributed by atoms with Gasteiger partial charge in [-0.15, -0.1) is 0 Å². The van der Waals surface area contributed by atoms with Crippen molar-refractivity contribution in [2.24, 2.45) is 0 Å². The van der Waals surface area contributed by atoms with Gasteiger partial charge < -0.3 is 4.42 Å². The van der Waals surface area contributed by atoms with Crippen molar-refractivity contribution in [1.29, 1.82) is 5.26 Å².